The van der Waals surface area contributed by atoms with Gasteiger partial charge in [0.1, 0.15) is 18.1 Å². The van der Waals surface area contributed by atoms with E-state index < -0.39 is 63.6 Å². The number of ether oxygens (including phenoxy) is 1. The molecule has 1 unspecified atom stereocenters. The first-order valence-corrected chi connectivity index (χ1v) is 10.8. The molecule has 1 aromatic carbocycles. The Morgan fingerprint density at radius 1 is 1.23 bits per heavy atom. The second-order valence-corrected chi connectivity index (χ2v) is 8.28. The van der Waals surface area contributed by atoms with Crippen molar-refractivity contribution in [3.05, 3.63) is 55.6 Å². The zero-order valence-electron chi connectivity index (χ0n) is 17.7. The highest BCUT2D eigenvalue weighted by atomic mass is 35.5. The fourth-order valence-electron chi connectivity index (χ4n) is 3.00. The van der Waals surface area contributed by atoms with Crippen LogP contribution in [0, 0.1) is 5.82 Å². The molecule has 1 saturated heterocycles. The number of benzene rings is 1. The fraction of sp³-hybridized carbons (Fsp3) is 0.316. The van der Waals surface area contributed by atoms with Gasteiger partial charge in [-0.05, 0) is 30.8 Å². The Hall–Kier alpha value is -3.20. The first kappa shape index (κ1) is 26.4. The molecule has 0 bridgehead atoms. The highest BCUT2D eigenvalue weighted by molar-refractivity contribution is 8.15. The number of nitrogens with zero attached hydrogens (tertiary/aromatic N) is 4. The summed E-state index contributed by atoms with van der Waals surface area (Å²) in [7, 11) is 0.742. The lowest BCUT2D eigenvalue weighted by Gasteiger charge is -2.16. The van der Waals surface area contributed by atoms with Crippen molar-refractivity contribution in [3.63, 3.8) is 0 Å². The summed E-state index contributed by atoms with van der Waals surface area (Å²) in [5.41, 5.74) is -7.83. The van der Waals surface area contributed by atoms with Crippen molar-refractivity contribution in [2.24, 2.45) is 12.0 Å². The summed E-state index contributed by atoms with van der Waals surface area (Å²) >= 11 is 6.28. The highest BCUT2D eigenvalue weighted by Crippen LogP contribution is 2.35. The third kappa shape index (κ3) is 5.24. The van der Waals surface area contributed by atoms with Crippen LogP contribution in [0.25, 0.3) is 5.69 Å². The maximum atomic E-state index is 14.7. The summed E-state index contributed by atoms with van der Waals surface area (Å²) in [5, 5.41) is -0.760. The quantitative estimate of drug-likeness (QED) is 0.427. The summed E-state index contributed by atoms with van der Waals surface area (Å²) in [5.74, 6) is -3.23. The molecule has 2 heterocycles. The molecule has 16 heteroatoms. The smallest absolute Gasteiger partial charge is 0.431 e. The number of amidine groups is 1. The predicted octanol–water partition coefficient (Wildman–Crippen LogP) is 2.77. The SMILES string of the molecule is CCOC(=O)CN1C(=O)C(F)S/C1=N\c1cc(-n2c(=O)cc(C(F)(F)F)n(C)c2=O)c(F)cc1Cl. The Kier molecular flexibility index (Phi) is 7.40. The van der Waals surface area contributed by atoms with Crippen molar-refractivity contribution >= 4 is 46.1 Å². The second kappa shape index (κ2) is 9.81. The lowest BCUT2D eigenvalue weighted by atomic mass is 10.2. The van der Waals surface area contributed by atoms with Gasteiger partial charge in [-0.25, -0.2) is 23.1 Å². The van der Waals surface area contributed by atoms with Crippen molar-refractivity contribution < 1.29 is 36.3 Å². The van der Waals surface area contributed by atoms with Crippen molar-refractivity contribution in [2.75, 3.05) is 13.2 Å². The number of amides is 1. The zero-order chi connectivity index (χ0) is 26.2. The number of aliphatic imine (C=N–C) groups is 1. The van der Waals surface area contributed by atoms with Gasteiger partial charge >= 0.3 is 17.8 Å². The van der Waals surface area contributed by atoms with Gasteiger partial charge in [0.05, 0.1) is 23.0 Å². The molecule has 3 rings (SSSR count). The van der Waals surface area contributed by atoms with E-state index in [2.05, 4.69) is 4.99 Å². The van der Waals surface area contributed by atoms with Crippen LogP contribution in [-0.4, -0.2) is 49.7 Å². The Morgan fingerprint density at radius 2 is 1.89 bits per heavy atom. The maximum Gasteiger partial charge on any atom is 0.431 e. The van der Waals surface area contributed by atoms with Gasteiger partial charge in [0.25, 0.3) is 11.5 Å². The van der Waals surface area contributed by atoms with Crippen LogP contribution >= 0.6 is 23.4 Å². The van der Waals surface area contributed by atoms with Crippen LogP contribution in [0.15, 0.2) is 32.8 Å². The molecule has 0 aliphatic carbocycles. The maximum absolute atomic E-state index is 14.7. The minimum absolute atomic E-state index is 0.0104. The second-order valence-electron chi connectivity index (χ2n) is 6.86. The van der Waals surface area contributed by atoms with E-state index in [1.807, 2.05) is 0 Å². The summed E-state index contributed by atoms with van der Waals surface area (Å²) in [6.07, 6.45) is -5.03. The average Bonchev–Trinajstić information content (AvgIpc) is 3.00. The number of aromatic nitrogens is 2. The predicted molar refractivity (Wildman–Crippen MR) is 115 cm³/mol. The molecule has 0 spiro atoms. The van der Waals surface area contributed by atoms with Gasteiger partial charge in [-0.1, -0.05) is 11.6 Å². The average molecular weight is 541 g/mol. The van der Waals surface area contributed by atoms with Gasteiger partial charge in [0.2, 0.25) is 5.50 Å². The van der Waals surface area contributed by atoms with E-state index in [4.69, 9.17) is 16.3 Å². The molecule has 0 saturated carbocycles. The monoisotopic (exact) mass is 540 g/mol. The molecule has 1 atom stereocenters. The van der Waals surface area contributed by atoms with Crippen LogP contribution in [0.2, 0.25) is 5.02 Å². The molecule has 1 aromatic heterocycles. The zero-order valence-corrected chi connectivity index (χ0v) is 19.3. The first-order valence-electron chi connectivity index (χ1n) is 9.52. The number of carbonyl (C=O) groups is 2. The van der Waals surface area contributed by atoms with E-state index >= 15 is 0 Å². The van der Waals surface area contributed by atoms with Gasteiger partial charge < -0.3 is 4.74 Å². The third-order valence-corrected chi connectivity index (χ3v) is 5.81. The Labute approximate surface area is 201 Å². The normalized spacial score (nSPS) is 17.4. The molecule has 1 amide bonds. The molecule has 1 aliphatic heterocycles. The van der Waals surface area contributed by atoms with Crippen LogP contribution in [-0.2, 0) is 27.5 Å². The minimum Gasteiger partial charge on any atom is -0.465 e. The number of carbonyl (C=O) groups excluding carboxylic acids is 2. The summed E-state index contributed by atoms with van der Waals surface area (Å²) in [4.78, 5) is 53.3. The standard InChI is InChI=1S/C19H14ClF5N4O5S/c1-3-34-14(31)7-28-16(32)15(22)35-17(28)26-10-5-11(9(21)4-8(10)20)29-13(30)6-12(19(23,24)25)27(2)18(29)33/h4-6,15H,3,7H2,1-2H3/b26-17-. The summed E-state index contributed by atoms with van der Waals surface area (Å²) in [6.45, 7) is 0.811. The molecular weight excluding hydrogens is 527 g/mol. The lowest BCUT2D eigenvalue weighted by molar-refractivity contribution is -0.146. The molecule has 9 nitrogen and oxygen atoms in total. The van der Waals surface area contributed by atoms with E-state index in [-0.39, 0.29) is 32.7 Å². The number of thioether (sulfide) groups is 1. The molecule has 0 N–H and O–H groups in total. The number of halogens is 6. The summed E-state index contributed by atoms with van der Waals surface area (Å²) < 4.78 is 72.9. The Bertz CT molecular complexity index is 1360. The van der Waals surface area contributed by atoms with Crippen molar-refractivity contribution in [3.8, 4) is 5.69 Å². The third-order valence-electron chi connectivity index (χ3n) is 4.58. The molecule has 35 heavy (non-hydrogen) atoms. The van der Waals surface area contributed by atoms with E-state index in [0.717, 1.165) is 13.1 Å². The highest BCUT2D eigenvalue weighted by Gasteiger charge is 2.40. The lowest BCUT2D eigenvalue weighted by Crippen LogP contribution is -2.41. The van der Waals surface area contributed by atoms with Gasteiger partial charge in [-0.15, -0.1) is 0 Å². The van der Waals surface area contributed by atoms with Crippen LogP contribution in [0.5, 0.6) is 0 Å². The van der Waals surface area contributed by atoms with Gasteiger partial charge in [-0.3, -0.25) is 23.9 Å². The number of hydrogen-bond acceptors (Lipinski definition) is 7. The molecule has 188 valence electrons. The fourth-order valence-corrected chi connectivity index (χ4v) is 4.04. The van der Waals surface area contributed by atoms with E-state index in [1.54, 1.807) is 0 Å². The largest absolute Gasteiger partial charge is 0.465 e. The molecule has 1 fully saturated rings. The molecular formula is C19H14ClF5N4O5S. The van der Waals surface area contributed by atoms with Crippen molar-refractivity contribution in [2.45, 2.75) is 18.6 Å². The number of alkyl halides is 4. The van der Waals surface area contributed by atoms with E-state index in [9.17, 15) is 41.1 Å². The van der Waals surface area contributed by atoms with Crippen LogP contribution < -0.4 is 11.2 Å². The van der Waals surface area contributed by atoms with Crippen LogP contribution in [0.3, 0.4) is 0 Å². The number of esters is 1. The Balaban J connectivity index is 2.15. The Morgan fingerprint density at radius 3 is 2.49 bits per heavy atom. The number of rotatable bonds is 5. The minimum atomic E-state index is -5.03. The van der Waals surface area contributed by atoms with E-state index in [1.165, 1.54) is 6.92 Å². The van der Waals surface area contributed by atoms with Gasteiger partial charge in [0.15, 0.2) is 5.17 Å². The molecule has 0 radical (unpaired) electrons. The van der Waals surface area contributed by atoms with Crippen LogP contribution in [0.1, 0.15) is 12.6 Å². The first-order chi connectivity index (χ1) is 16.3. The van der Waals surface area contributed by atoms with Crippen molar-refractivity contribution in [1.82, 2.24) is 14.0 Å². The summed E-state index contributed by atoms with van der Waals surface area (Å²) in [6, 6.07) is 1.50. The van der Waals surface area contributed by atoms with E-state index in [0.29, 0.717) is 22.7 Å². The van der Waals surface area contributed by atoms with Gasteiger partial charge in [-0.2, -0.15) is 13.2 Å². The topological polar surface area (TPSA) is 103 Å². The number of hydrogen-bond donors (Lipinski definition) is 0. The van der Waals surface area contributed by atoms with Crippen molar-refractivity contribution in [1.29, 1.82) is 0 Å². The van der Waals surface area contributed by atoms with Crippen LogP contribution in [0.4, 0.5) is 27.6 Å². The molecule has 2 aromatic rings. The molecule has 1 aliphatic rings. The van der Waals surface area contributed by atoms with Gasteiger partial charge in [0, 0.05) is 13.1 Å².